The van der Waals surface area contributed by atoms with Gasteiger partial charge in [0.05, 0.1) is 6.61 Å². The molecule has 1 atom stereocenters. The second kappa shape index (κ2) is 7.34. The highest BCUT2D eigenvalue weighted by Crippen LogP contribution is 2.27. The van der Waals surface area contributed by atoms with Crippen LogP contribution in [0, 0.1) is 5.82 Å². The molecule has 0 spiro atoms. The fraction of sp³-hybridized carbons (Fsp3) is 0.571. The van der Waals surface area contributed by atoms with Crippen LogP contribution in [-0.4, -0.2) is 26.3 Å². The summed E-state index contributed by atoms with van der Waals surface area (Å²) < 4.78 is 19.2. The Morgan fingerprint density at radius 2 is 2.11 bits per heavy atom. The van der Waals surface area contributed by atoms with Gasteiger partial charge in [0.25, 0.3) is 0 Å². The molecule has 1 rings (SSSR count). The molecule has 0 fully saturated rings. The van der Waals surface area contributed by atoms with Gasteiger partial charge in [-0.1, -0.05) is 6.07 Å². The van der Waals surface area contributed by atoms with E-state index in [0.717, 1.165) is 18.8 Å². The second-order valence-electron chi connectivity index (χ2n) is 4.24. The molecule has 102 valence electrons. The number of rotatable bonds is 7. The summed E-state index contributed by atoms with van der Waals surface area (Å²) >= 11 is 0. The molecule has 0 bridgehead atoms. The number of likely N-dealkylation sites (N-methyl/N-ethyl adjacent to an activating group) is 1. The molecule has 0 aromatic heterocycles. The third kappa shape index (κ3) is 3.68. The zero-order valence-electron chi connectivity index (χ0n) is 11.4. The molecule has 0 heterocycles. The van der Waals surface area contributed by atoms with Crippen LogP contribution in [-0.2, 0) is 4.74 Å². The van der Waals surface area contributed by atoms with E-state index in [4.69, 9.17) is 10.5 Å². The van der Waals surface area contributed by atoms with Gasteiger partial charge in [0.15, 0.2) is 0 Å². The lowest BCUT2D eigenvalue weighted by molar-refractivity contribution is 0.154. The molecule has 0 aliphatic rings. The first-order chi connectivity index (χ1) is 8.61. The smallest absolute Gasteiger partial charge is 0.130 e. The van der Waals surface area contributed by atoms with Crippen molar-refractivity contribution in [2.45, 2.75) is 26.8 Å². The first-order valence-electron chi connectivity index (χ1n) is 6.48. The van der Waals surface area contributed by atoms with Crippen molar-refractivity contribution in [2.24, 2.45) is 5.73 Å². The van der Waals surface area contributed by atoms with Crippen LogP contribution in [0.3, 0.4) is 0 Å². The number of anilines is 1. The van der Waals surface area contributed by atoms with E-state index >= 15 is 0 Å². The second-order valence-corrected chi connectivity index (χ2v) is 4.24. The predicted octanol–water partition coefficient (Wildman–Crippen LogP) is 2.71. The summed E-state index contributed by atoms with van der Waals surface area (Å²) in [6, 6.07) is 4.78. The van der Waals surface area contributed by atoms with Crippen molar-refractivity contribution in [3.8, 4) is 0 Å². The summed E-state index contributed by atoms with van der Waals surface area (Å²) in [5.41, 5.74) is 7.31. The number of nitrogens with two attached hydrogens (primary N) is 1. The van der Waals surface area contributed by atoms with Crippen molar-refractivity contribution >= 4 is 5.69 Å². The molecule has 18 heavy (non-hydrogen) atoms. The highest BCUT2D eigenvalue weighted by molar-refractivity contribution is 5.55. The molecule has 1 aromatic rings. The van der Waals surface area contributed by atoms with Crippen LogP contribution in [0.4, 0.5) is 10.1 Å². The van der Waals surface area contributed by atoms with E-state index < -0.39 is 0 Å². The van der Waals surface area contributed by atoms with Crippen molar-refractivity contribution < 1.29 is 9.13 Å². The summed E-state index contributed by atoms with van der Waals surface area (Å²) in [6.45, 7) is 8.69. The van der Waals surface area contributed by atoms with Gasteiger partial charge in [-0.3, -0.25) is 0 Å². The van der Waals surface area contributed by atoms with Gasteiger partial charge >= 0.3 is 0 Å². The Morgan fingerprint density at radius 1 is 1.39 bits per heavy atom. The number of ether oxygens (including phenoxy) is 1. The molecule has 0 saturated heterocycles. The molecule has 4 heteroatoms. The Bertz CT molecular complexity index is 369. The Hall–Kier alpha value is -1.13. The first kappa shape index (κ1) is 14.9. The topological polar surface area (TPSA) is 38.5 Å². The van der Waals surface area contributed by atoms with Gasteiger partial charge in [0.2, 0.25) is 0 Å². The van der Waals surface area contributed by atoms with Crippen LogP contribution in [0.15, 0.2) is 18.2 Å². The van der Waals surface area contributed by atoms with E-state index in [1.807, 2.05) is 19.9 Å². The van der Waals surface area contributed by atoms with Crippen molar-refractivity contribution in [2.75, 3.05) is 31.2 Å². The van der Waals surface area contributed by atoms with Crippen molar-refractivity contribution in [1.82, 2.24) is 0 Å². The van der Waals surface area contributed by atoms with Crippen LogP contribution in [0.1, 0.15) is 32.4 Å². The number of hydrogen-bond donors (Lipinski definition) is 1. The van der Waals surface area contributed by atoms with E-state index in [9.17, 15) is 4.39 Å². The van der Waals surface area contributed by atoms with Crippen LogP contribution >= 0.6 is 0 Å². The SMILES string of the molecule is CCOCCN(CC)c1cccc(F)c1[C@@H](C)N. The van der Waals surface area contributed by atoms with Gasteiger partial charge in [-0.05, 0) is 32.9 Å². The maximum atomic E-state index is 13.8. The van der Waals surface area contributed by atoms with Gasteiger partial charge in [-0.2, -0.15) is 0 Å². The standard InChI is InChI=1S/C14H23FN2O/c1-4-17(9-10-18-5-2)13-8-6-7-12(15)14(13)11(3)16/h6-8,11H,4-5,9-10,16H2,1-3H3/t11-/m1/s1. The number of benzene rings is 1. The van der Waals surface area contributed by atoms with Crippen LogP contribution in [0.2, 0.25) is 0 Å². The number of halogens is 1. The minimum atomic E-state index is -0.317. The zero-order chi connectivity index (χ0) is 13.5. The molecule has 1 aromatic carbocycles. The predicted molar refractivity (Wildman–Crippen MR) is 73.4 cm³/mol. The van der Waals surface area contributed by atoms with E-state index in [2.05, 4.69) is 4.90 Å². The molecule has 2 N–H and O–H groups in total. The fourth-order valence-electron chi connectivity index (χ4n) is 2.02. The van der Waals surface area contributed by atoms with Crippen LogP contribution < -0.4 is 10.6 Å². The fourth-order valence-corrected chi connectivity index (χ4v) is 2.02. The van der Waals surface area contributed by atoms with E-state index in [0.29, 0.717) is 18.8 Å². The van der Waals surface area contributed by atoms with Gasteiger partial charge < -0.3 is 15.4 Å². The van der Waals surface area contributed by atoms with E-state index in [1.54, 1.807) is 13.0 Å². The quantitative estimate of drug-likeness (QED) is 0.760. The molecular formula is C14H23FN2O. The van der Waals surface area contributed by atoms with Gasteiger partial charge in [0.1, 0.15) is 5.82 Å². The highest BCUT2D eigenvalue weighted by atomic mass is 19.1. The van der Waals surface area contributed by atoms with Crippen LogP contribution in [0.25, 0.3) is 0 Å². The van der Waals surface area contributed by atoms with Gasteiger partial charge in [-0.15, -0.1) is 0 Å². The Balaban J connectivity index is 2.94. The molecule has 0 amide bonds. The monoisotopic (exact) mass is 254 g/mol. The molecule has 3 nitrogen and oxygen atoms in total. The zero-order valence-corrected chi connectivity index (χ0v) is 11.4. The van der Waals surface area contributed by atoms with Gasteiger partial charge in [0, 0.05) is 37.0 Å². The van der Waals surface area contributed by atoms with Gasteiger partial charge in [-0.25, -0.2) is 4.39 Å². The van der Waals surface area contributed by atoms with Crippen LogP contribution in [0.5, 0.6) is 0 Å². The lowest BCUT2D eigenvalue weighted by atomic mass is 10.0. The number of nitrogens with zero attached hydrogens (tertiary/aromatic N) is 1. The van der Waals surface area contributed by atoms with Crippen molar-refractivity contribution in [1.29, 1.82) is 0 Å². The molecule has 0 aliphatic heterocycles. The largest absolute Gasteiger partial charge is 0.380 e. The summed E-state index contributed by atoms with van der Waals surface area (Å²) in [4.78, 5) is 2.09. The summed E-state index contributed by atoms with van der Waals surface area (Å²) in [5, 5.41) is 0. The van der Waals surface area contributed by atoms with Crippen molar-refractivity contribution in [3.63, 3.8) is 0 Å². The lowest BCUT2D eigenvalue weighted by Gasteiger charge is -2.27. The van der Waals surface area contributed by atoms with Crippen molar-refractivity contribution in [3.05, 3.63) is 29.6 Å². The molecule has 0 unspecified atom stereocenters. The number of hydrogen-bond acceptors (Lipinski definition) is 3. The molecule has 0 aliphatic carbocycles. The Kier molecular flexibility index (Phi) is 6.09. The summed E-state index contributed by atoms with van der Waals surface area (Å²) in [7, 11) is 0. The third-order valence-electron chi connectivity index (χ3n) is 2.92. The maximum Gasteiger partial charge on any atom is 0.130 e. The average molecular weight is 254 g/mol. The van der Waals surface area contributed by atoms with E-state index in [1.165, 1.54) is 6.07 Å². The maximum absolute atomic E-state index is 13.8. The average Bonchev–Trinajstić information content (AvgIpc) is 2.34. The normalized spacial score (nSPS) is 12.5. The van der Waals surface area contributed by atoms with E-state index in [-0.39, 0.29) is 11.9 Å². The molecule has 0 radical (unpaired) electrons. The summed E-state index contributed by atoms with van der Waals surface area (Å²) in [5.74, 6) is -0.239. The Morgan fingerprint density at radius 3 is 2.67 bits per heavy atom. The Labute approximate surface area is 109 Å². The summed E-state index contributed by atoms with van der Waals surface area (Å²) in [6.07, 6.45) is 0. The molecular weight excluding hydrogens is 231 g/mol. The lowest BCUT2D eigenvalue weighted by Crippen LogP contribution is -2.29. The molecule has 0 saturated carbocycles. The third-order valence-corrected chi connectivity index (χ3v) is 2.92. The first-order valence-corrected chi connectivity index (χ1v) is 6.48. The highest BCUT2D eigenvalue weighted by Gasteiger charge is 2.16. The minimum absolute atomic E-state index is 0.239. The minimum Gasteiger partial charge on any atom is -0.380 e.